The molecule has 0 amide bonds. The van der Waals surface area contributed by atoms with Crippen molar-refractivity contribution in [1.82, 2.24) is 4.90 Å². The summed E-state index contributed by atoms with van der Waals surface area (Å²) in [4.78, 5) is 1.57. The van der Waals surface area contributed by atoms with Gasteiger partial charge in [-0.15, -0.1) is 0 Å². The summed E-state index contributed by atoms with van der Waals surface area (Å²) in [5, 5.41) is 9.45. The van der Waals surface area contributed by atoms with Crippen LogP contribution in [-0.4, -0.2) is 56.4 Å². The molecular weight excluding hydrogens is 398 g/mol. The number of hydrogen-bond acceptors (Lipinski definition) is 5. The topological polar surface area (TPSA) is 54.7 Å². The molecule has 0 spiro atoms. The van der Waals surface area contributed by atoms with Crippen LogP contribution in [0.25, 0.3) is 0 Å². The molecule has 3 rings (SSSR count). The highest BCUT2D eigenvalue weighted by molar-refractivity contribution is 9.10. The van der Waals surface area contributed by atoms with Crippen LogP contribution in [-0.2, 0) is 4.74 Å². The summed E-state index contributed by atoms with van der Waals surface area (Å²) in [6.07, 6.45) is -0.588. The molecular formula is C17H19BrF2N2O3. The molecule has 2 saturated heterocycles. The highest BCUT2D eigenvalue weighted by Gasteiger charge is 2.46. The lowest BCUT2D eigenvalue weighted by atomic mass is 10.0. The molecule has 0 aromatic heterocycles. The highest BCUT2D eigenvalue weighted by atomic mass is 79.9. The summed E-state index contributed by atoms with van der Waals surface area (Å²) in [6, 6.07) is 5.30. The fourth-order valence-electron chi connectivity index (χ4n) is 3.02. The molecule has 1 aromatic carbocycles. The first kappa shape index (κ1) is 18.4. The van der Waals surface area contributed by atoms with Crippen LogP contribution >= 0.6 is 15.9 Å². The lowest BCUT2D eigenvalue weighted by molar-refractivity contribution is -0.135. The maximum Gasteiger partial charge on any atom is 0.296 e. The number of alkyl halides is 2. The zero-order valence-corrected chi connectivity index (χ0v) is 15.4. The fraction of sp³-hybridized carbons (Fsp3) is 0.588. The normalized spacial score (nSPS) is 26.2. The summed E-state index contributed by atoms with van der Waals surface area (Å²) in [5.74, 6) is -2.64. The Bertz CT molecular complexity index is 675. The van der Waals surface area contributed by atoms with Crippen molar-refractivity contribution in [2.75, 3.05) is 33.4 Å². The molecule has 2 aliphatic rings. The van der Waals surface area contributed by atoms with Gasteiger partial charge in [0.25, 0.3) is 5.92 Å². The standard InChI is InChI=1S/C17H19BrF2N2O3/c1-22-6-4-15(17(19,20)10-22)25-16-12(8-21)13(18)2-3-14(16)24-11-5-7-23-9-11/h2-3,11,15H,4-7,9-10H2,1H3. The molecule has 0 radical (unpaired) electrons. The molecule has 2 atom stereocenters. The van der Waals surface area contributed by atoms with Gasteiger partial charge in [0.1, 0.15) is 17.7 Å². The fourth-order valence-corrected chi connectivity index (χ4v) is 3.42. The van der Waals surface area contributed by atoms with Crippen molar-refractivity contribution in [3.63, 3.8) is 0 Å². The van der Waals surface area contributed by atoms with Crippen molar-refractivity contribution < 1.29 is 23.0 Å². The number of ether oxygens (including phenoxy) is 3. The Labute approximate surface area is 153 Å². The zero-order valence-electron chi connectivity index (χ0n) is 13.8. The molecule has 5 nitrogen and oxygen atoms in total. The van der Waals surface area contributed by atoms with Crippen molar-refractivity contribution in [2.45, 2.75) is 31.0 Å². The molecule has 0 N–H and O–H groups in total. The average Bonchev–Trinajstić information content (AvgIpc) is 3.05. The van der Waals surface area contributed by atoms with Gasteiger partial charge in [0.2, 0.25) is 0 Å². The van der Waals surface area contributed by atoms with E-state index in [1.165, 1.54) is 0 Å². The third-order valence-corrected chi connectivity index (χ3v) is 5.01. The monoisotopic (exact) mass is 416 g/mol. The number of rotatable bonds is 4. The van der Waals surface area contributed by atoms with Crippen LogP contribution < -0.4 is 9.47 Å². The Balaban J connectivity index is 1.90. The van der Waals surface area contributed by atoms with E-state index in [9.17, 15) is 14.0 Å². The predicted octanol–water partition coefficient (Wildman–Crippen LogP) is 3.21. The lowest BCUT2D eigenvalue weighted by Crippen LogP contribution is -2.52. The van der Waals surface area contributed by atoms with E-state index >= 15 is 0 Å². The van der Waals surface area contributed by atoms with Gasteiger partial charge in [0.05, 0.1) is 19.8 Å². The first-order chi connectivity index (χ1) is 11.9. The first-order valence-corrected chi connectivity index (χ1v) is 8.90. The minimum atomic E-state index is -3.00. The average molecular weight is 417 g/mol. The molecule has 1 aromatic rings. The van der Waals surface area contributed by atoms with Crippen LogP contribution in [0.5, 0.6) is 11.5 Å². The van der Waals surface area contributed by atoms with Gasteiger partial charge in [0, 0.05) is 23.9 Å². The highest BCUT2D eigenvalue weighted by Crippen LogP contribution is 2.40. The number of benzene rings is 1. The SMILES string of the molecule is CN1CCC(Oc2c(OC3CCOC3)ccc(Br)c2C#N)C(F)(F)C1. The second-order valence-corrected chi connectivity index (χ2v) is 7.21. The van der Waals surface area contributed by atoms with Gasteiger partial charge >= 0.3 is 0 Å². The summed E-state index contributed by atoms with van der Waals surface area (Å²) < 4.78 is 46.0. The number of hydrogen-bond donors (Lipinski definition) is 0. The van der Waals surface area contributed by atoms with Gasteiger partial charge in [-0.1, -0.05) is 0 Å². The van der Waals surface area contributed by atoms with Crippen molar-refractivity contribution in [3.05, 3.63) is 22.2 Å². The Morgan fingerprint density at radius 1 is 1.36 bits per heavy atom. The third kappa shape index (κ3) is 4.05. The second kappa shape index (κ2) is 7.44. The van der Waals surface area contributed by atoms with Crippen LogP contribution in [0.15, 0.2) is 16.6 Å². The van der Waals surface area contributed by atoms with E-state index in [1.54, 1.807) is 24.1 Å². The molecule has 25 heavy (non-hydrogen) atoms. The van der Waals surface area contributed by atoms with E-state index in [4.69, 9.17) is 14.2 Å². The Morgan fingerprint density at radius 2 is 2.16 bits per heavy atom. The van der Waals surface area contributed by atoms with Gasteiger partial charge in [-0.25, -0.2) is 8.78 Å². The van der Waals surface area contributed by atoms with Gasteiger partial charge in [-0.2, -0.15) is 5.26 Å². The van der Waals surface area contributed by atoms with Crippen LogP contribution in [0.3, 0.4) is 0 Å². The number of nitriles is 1. The van der Waals surface area contributed by atoms with Crippen molar-refractivity contribution in [1.29, 1.82) is 5.26 Å². The molecule has 0 aliphatic carbocycles. The summed E-state index contributed by atoms with van der Waals surface area (Å²) in [7, 11) is 1.65. The van der Waals surface area contributed by atoms with Crippen LogP contribution in [0, 0.1) is 11.3 Å². The van der Waals surface area contributed by atoms with E-state index in [0.717, 1.165) is 0 Å². The predicted molar refractivity (Wildman–Crippen MR) is 90.2 cm³/mol. The van der Waals surface area contributed by atoms with Crippen molar-refractivity contribution in [2.24, 2.45) is 0 Å². The largest absolute Gasteiger partial charge is 0.484 e. The maximum atomic E-state index is 14.4. The summed E-state index contributed by atoms with van der Waals surface area (Å²) in [5.41, 5.74) is 0.158. The molecule has 0 saturated carbocycles. The maximum absolute atomic E-state index is 14.4. The third-order valence-electron chi connectivity index (χ3n) is 4.35. The number of piperidine rings is 1. The smallest absolute Gasteiger partial charge is 0.296 e. The summed E-state index contributed by atoms with van der Waals surface area (Å²) in [6.45, 7) is 1.15. The molecule has 2 aliphatic heterocycles. The molecule has 2 fully saturated rings. The van der Waals surface area contributed by atoms with Crippen LogP contribution in [0.1, 0.15) is 18.4 Å². The van der Waals surface area contributed by atoms with Crippen LogP contribution in [0.2, 0.25) is 0 Å². The van der Waals surface area contributed by atoms with E-state index in [-0.39, 0.29) is 30.4 Å². The molecule has 136 valence electrons. The Kier molecular flexibility index (Phi) is 5.46. The molecule has 8 heteroatoms. The Hall–Kier alpha value is -1.43. The summed E-state index contributed by atoms with van der Waals surface area (Å²) >= 11 is 3.28. The van der Waals surface area contributed by atoms with Gasteiger partial charge in [-0.05, 0) is 35.1 Å². The minimum absolute atomic E-state index is 0.0676. The van der Waals surface area contributed by atoms with E-state index in [1.807, 2.05) is 6.07 Å². The van der Waals surface area contributed by atoms with Crippen molar-refractivity contribution >= 4 is 15.9 Å². The van der Waals surface area contributed by atoms with Gasteiger partial charge in [0.15, 0.2) is 17.6 Å². The van der Waals surface area contributed by atoms with Crippen molar-refractivity contribution in [3.8, 4) is 17.6 Å². The number of nitrogens with zero attached hydrogens (tertiary/aromatic N) is 2. The minimum Gasteiger partial charge on any atom is -0.484 e. The molecule has 2 heterocycles. The van der Waals surface area contributed by atoms with E-state index in [2.05, 4.69) is 15.9 Å². The quantitative estimate of drug-likeness (QED) is 0.754. The lowest BCUT2D eigenvalue weighted by Gasteiger charge is -2.36. The zero-order chi connectivity index (χ0) is 18.0. The number of likely N-dealkylation sites (tertiary alicyclic amines) is 1. The van der Waals surface area contributed by atoms with Gasteiger partial charge < -0.3 is 19.1 Å². The molecule has 2 unspecified atom stereocenters. The number of halogens is 3. The first-order valence-electron chi connectivity index (χ1n) is 8.10. The second-order valence-electron chi connectivity index (χ2n) is 6.36. The van der Waals surface area contributed by atoms with E-state index < -0.39 is 12.0 Å². The Morgan fingerprint density at radius 3 is 2.80 bits per heavy atom. The van der Waals surface area contributed by atoms with Gasteiger partial charge in [-0.3, -0.25) is 0 Å². The van der Waals surface area contributed by atoms with Crippen LogP contribution in [0.4, 0.5) is 8.78 Å². The molecule has 0 bridgehead atoms. The van der Waals surface area contributed by atoms with E-state index in [0.29, 0.717) is 36.4 Å².